The lowest BCUT2D eigenvalue weighted by Gasteiger charge is -1.99. The Kier molecular flexibility index (Phi) is 2.41. The summed E-state index contributed by atoms with van der Waals surface area (Å²) in [7, 11) is 0. The molecule has 0 bridgehead atoms. The lowest BCUT2D eigenvalue weighted by molar-refractivity contribution is 0.111. The van der Waals surface area contributed by atoms with E-state index >= 15 is 0 Å². The maximum absolute atomic E-state index is 11.2. The van der Waals surface area contributed by atoms with Crippen LogP contribution in [0.5, 0.6) is 0 Å². The number of nitrogens with one attached hydrogen (secondary N) is 1. The third-order valence-electron chi connectivity index (χ3n) is 1.93. The number of benzene rings is 1. The number of hydrogen-bond donors (Lipinski definition) is 1. The molecular formula is C11H8N2O2. The summed E-state index contributed by atoms with van der Waals surface area (Å²) >= 11 is 0. The molecule has 0 aliphatic rings. The van der Waals surface area contributed by atoms with E-state index in [-0.39, 0.29) is 11.3 Å². The van der Waals surface area contributed by atoms with E-state index in [1.165, 1.54) is 6.07 Å². The molecule has 1 N–H and O–H groups in total. The molecule has 0 aliphatic carbocycles. The number of carbonyl (C=O) groups excluding carboxylic acids is 1. The third kappa shape index (κ3) is 1.99. The number of rotatable bonds is 2. The first-order valence-corrected chi connectivity index (χ1v) is 4.41. The molecular weight excluding hydrogens is 192 g/mol. The summed E-state index contributed by atoms with van der Waals surface area (Å²) in [4.78, 5) is 28.3. The number of H-pyrrole nitrogens is 1. The van der Waals surface area contributed by atoms with Crippen molar-refractivity contribution in [3.8, 4) is 11.4 Å². The molecule has 0 unspecified atom stereocenters. The quantitative estimate of drug-likeness (QED) is 0.742. The van der Waals surface area contributed by atoms with Crippen LogP contribution in [0.1, 0.15) is 10.5 Å². The normalized spacial score (nSPS) is 9.87. The molecule has 2 aromatic rings. The number of aldehydes is 1. The van der Waals surface area contributed by atoms with Gasteiger partial charge in [0, 0.05) is 11.6 Å². The van der Waals surface area contributed by atoms with E-state index in [1.54, 1.807) is 0 Å². The van der Waals surface area contributed by atoms with E-state index in [4.69, 9.17) is 0 Å². The summed E-state index contributed by atoms with van der Waals surface area (Å²) in [6.07, 6.45) is 0.557. The van der Waals surface area contributed by atoms with Crippen molar-refractivity contribution >= 4 is 6.29 Å². The number of aromatic nitrogens is 2. The highest BCUT2D eigenvalue weighted by molar-refractivity contribution is 5.72. The van der Waals surface area contributed by atoms with Crippen molar-refractivity contribution in [1.82, 2.24) is 9.97 Å². The Bertz CT molecular complexity index is 532. The predicted octanol–water partition coefficient (Wildman–Crippen LogP) is 1.25. The molecule has 0 amide bonds. The molecule has 0 atom stereocenters. The zero-order chi connectivity index (χ0) is 10.7. The van der Waals surface area contributed by atoms with Gasteiger partial charge in [-0.1, -0.05) is 30.3 Å². The molecule has 4 nitrogen and oxygen atoms in total. The van der Waals surface area contributed by atoms with Crippen molar-refractivity contribution in [2.45, 2.75) is 0 Å². The second-order valence-corrected chi connectivity index (χ2v) is 3.00. The number of aromatic amines is 1. The molecule has 0 radical (unpaired) electrons. The van der Waals surface area contributed by atoms with Crippen LogP contribution in [0.15, 0.2) is 41.2 Å². The fraction of sp³-hybridized carbons (Fsp3) is 0. The zero-order valence-electron chi connectivity index (χ0n) is 7.81. The van der Waals surface area contributed by atoms with Gasteiger partial charge in [0.2, 0.25) is 0 Å². The van der Waals surface area contributed by atoms with Gasteiger partial charge in [-0.15, -0.1) is 0 Å². The summed E-state index contributed by atoms with van der Waals surface area (Å²) in [5, 5.41) is 0. The minimum Gasteiger partial charge on any atom is -0.306 e. The molecule has 74 valence electrons. The van der Waals surface area contributed by atoms with Gasteiger partial charge in [-0.25, -0.2) is 4.98 Å². The number of nitrogens with zero attached hydrogens (tertiary/aromatic N) is 1. The topological polar surface area (TPSA) is 62.8 Å². The highest BCUT2D eigenvalue weighted by atomic mass is 16.1. The zero-order valence-corrected chi connectivity index (χ0v) is 7.81. The summed E-state index contributed by atoms with van der Waals surface area (Å²) < 4.78 is 0. The molecule has 1 aromatic heterocycles. The first kappa shape index (κ1) is 9.33. The van der Waals surface area contributed by atoms with E-state index in [1.807, 2.05) is 30.3 Å². The maximum atomic E-state index is 11.2. The van der Waals surface area contributed by atoms with Gasteiger partial charge in [-0.3, -0.25) is 9.59 Å². The van der Waals surface area contributed by atoms with Gasteiger partial charge in [-0.2, -0.15) is 0 Å². The van der Waals surface area contributed by atoms with E-state index < -0.39 is 0 Å². The lowest BCUT2D eigenvalue weighted by atomic mass is 10.2. The van der Waals surface area contributed by atoms with E-state index in [9.17, 15) is 9.59 Å². The number of carbonyl (C=O) groups is 1. The van der Waals surface area contributed by atoms with Gasteiger partial charge < -0.3 is 4.98 Å². The summed E-state index contributed by atoms with van der Waals surface area (Å²) in [5.74, 6) is 0.408. The minimum absolute atomic E-state index is 0.137. The average Bonchev–Trinajstić information content (AvgIpc) is 2.29. The molecule has 0 saturated heterocycles. The van der Waals surface area contributed by atoms with Crippen LogP contribution in [0.4, 0.5) is 0 Å². The van der Waals surface area contributed by atoms with Crippen LogP contribution in [0, 0.1) is 0 Å². The van der Waals surface area contributed by atoms with Gasteiger partial charge in [0.1, 0.15) is 11.5 Å². The Morgan fingerprint density at radius 1 is 1.20 bits per heavy atom. The molecule has 1 heterocycles. The largest absolute Gasteiger partial charge is 0.306 e. The SMILES string of the molecule is O=Cc1cc(=O)[nH]c(-c2ccccc2)n1. The van der Waals surface area contributed by atoms with Crippen molar-refractivity contribution in [3.63, 3.8) is 0 Å². The molecule has 0 saturated carbocycles. The van der Waals surface area contributed by atoms with Crippen molar-refractivity contribution < 1.29 is 4.79 Å². The van der Waals surface area contributed by atoms with E-state index in [0.29, 0.717) is 12.1 Å². The van der Waals surface area contributed by atoms with Crippen LogP contribution in [-0.4, -0.2) is 16.3 Å². The Morgan fingerprint density at radius 2 is 1.93 bits per heavy atom. The molecule has 1 aromatic carbocycles. The van der Waals surface area contributed by atoms with Gasteiger partial charge in [0.15, 0.2) is 6.29 Å². The Labute approximate surface area is 85.6 Å². The first-order valence-electron chi connectivity index (χ1n) is 4.41. The highest BCUT2D eigenvalue weighted by Crippen LogP contribution is 2.11. The van der Waals surface area contributed by atoms with Crippen LogP contribution < -0.4 is 5.56 Å². The van der Waals surface area contributed by atoms with Gasteiger partial charge >= 0.3 is 0 Å². The van der Waals surface area contributed by atoms with Crippen LogP contribution >= 0.6 is 0 Å². The summed E-state index contributed by atoms with van der Waals surface area (Å²) in [5.41, 5.74) is 0.585. The summed E-state index contributed by atoms with van der Waals surface area (Å²) in [6.45, 7) is 0. The van der Waals surface area contributed by atoms with Crippen molar-refractivity contribution in [1.29, 1.82) is 0 Å². The smallest absolute Gasteiger partial charge is 0.251 e. The second-order valence-electron chi connectivity index (χ2n) is 3.00. The Balaban J connectivity index is 2.59. The molecule has 15 heavy (non-hydrogen) atoms. The standard InChI is InChI=1S/C11H8N2O2/c14-7-9-6-10(15)13-11(12-9)8-4-2-1-3-5-8/h1-7H,(H,12,13,15). The summed E-state index contributed by atoms with van der Waals surface area (Å²) in [6, 6.07) is 10.3. The fourth-order valence-corrected chi connectivity index (χ4v) is 1.27. The molecule has 0 fully saturated rings. The second kappa shape index (κ2) is 3.88. The molecule has 2 rings (SSSR count). The van der Waals surface area contributed by atoms with Gasteiger partial charge in [-0.05, 0) is 0 Å². The van der Waals surface area contributed by atoms with E-state index in [2.05, 4.69) is 9.97 Å². The fourth-order valence-electron chi connectivity index (χ4n) is 1.27. The molecule has 0 spiro atoms. The Morgan fingerprint density at radius 3 is 2.60 bits per heavy atom. The minimum atomic E-state index is -0.328. The Hall–Kier alpha value is -2.23. The maximum Gasteiger partial charge on any atom is 0.251 e. The predicted molar refractivity (Wildman–Crippen MR) is 55.7 cm³/mol. The average molecular weight is 200 g/mol. The monoisotopic (exact) mass is 200 g/mol. The van der Waals surface area contributed by atoms with Crippen LogP contribution in [0.25, 0.3) is 11.4 Å². The van der Waals surface area contributed by atoms with Gasteiger partial charge in [0.25, 0.3) is 5.56 Å². The lowest BCUT2D eigenvalue weighted by Crippen LogP contribution is -2.09. The van der Waals surface area contributed by atoms with E-state index in [0.717, 1.165) is 5.56 Å². The van der Waals surface area contributed by atoms with Crippen molar-refractivity contribution in [2.24, 2.45) is 0 Å². The van der Waals surface area contributed by atoms with Gasteiger partial charge in [0.05, 0.1) is 0 Å². The third-order valence-corrected chi connectivity index (χ3v) is 1.93. The first-order chi connectivity index (χ1) is 7.29. The number of hydrogen-bond acceptors (Lipinski definition) is 3. The van der Waals surface area contributed by atoms with Crippen LogP contribution in [0.2, 0.25) is 0 Å². The van der Waals surface area contributed by atoms with Crippen LogP contribution in [0.3, 0.4) is 0 Å². The van der Waals surface area contributed by atoms with Crippen molar-refractivity contribution in [3.05, 3.63) is 52.4 Å². The molecule has 0 aliphatic heterocycles. The highest BCUT2D eigenvalue weighted by Gasteiger charge is 2.01. The molecule has 4 heteroatoms. The van der Waals surface area contributed by atoms with Crippen LogP contribution in [-0.2, 0) is 0 Å². The van der Waals surface area contributed by atoms with Crippen molar-refractivity contribution in [2.75, 3.05) is 0 Å².